The number of aliphatic hydroxyl groups excluding tert-OH is 1. The summed E-state index contributed by atoms with van der Waals surface area (Å²) in [4.78, 5) is 24.2. The van der Waals surface area contributed by atoms with Crippen molar-refractivity contribution in [2.45, 2.75) is 200 Å². The number of unbranched alkanes of at least 4 members (excludes halogenated alkanes) is 22. The molecule has 0 aliphatic heterocycles. The van der Waals surface area contributed by atoms with Crippen molar-refractivity contribution in [2.75, 3.05) is 13.2 Å². The Morgan fingerprint density at radius 1 is 0.500 bits per heavy atom. The molecule has 0 saturated carbocycles. The fourth-order valence-corrected chi connectivity index (χ4v) is 5.31. The van der Waals surface area contributed by atoms with Crippen molar-refractivity contribution < 1.29 is 24.2 Å². The van der Waals surface area contributed by atoms with E-state index in [1.54, 1.807) is 0 Å². The quantitative estimate of drug-likeness (QED) is 0.0440. The third kappa shape index (κ3) is 33.3. The summed E-state index contributed by atoms with van der Waals surface area (Å²) in [5.74, 6) is -0.603. The summed E-state index contributed by atoms with van der Waals surface area (Å²) in [6.07, 6.45) is 40.9. The van der Waals surface area contributed by atoms with Crippen LogP contribution in [-0.2, 0) is 19.1 Å². The number of allylic oxidation sites excluding steroid dienone is 4. The lowest BCUT2D eigenvalue weighted by molar-refractivity contribution is -0.161. The Kier molecular flexibility index (Phi) is 34.5. The maximum absolute atomic E-state index is 12.1. The molecule has 0 unspecified atom stereocenters. The van der Waals surface area contributed by atoms with E-state index in [1.165, 1.54) is 122 Å². The first-order chi connectivity index (χ1) is 21.6. The zero-order valence-electron chi connectivity index (χ0n) is 29.2. The van der Waals surface area contributed by atoms with Gasteiger partial charge in [0.1, 0.15) is 6.61 Å². The molecule has 0 heterocycles. The first-order valence-electron chi connectivity index (χ1n) is 18.9. The highest BCUT2D eigenvalue weighted by molar-refractivity contribution is 5.70. The highest BCUT2D eigenvalue weighted by Crippen LogP contribution is 2.13. The van der Waals surface area contributed by atoms with Gasteiger partial charge in [0.05, 0.1) is 6.61 Å². The van der Waals surface area contributed by atoms with Gasteiger partial charge in [-0.1, -0.05) is 141 Å². The Labute approximate surface area is 273 Å². The summed E-state index contributed by atoms with van der Waals surface area (Å²) < 4.78 is 10.6. The fourth-order valence-electron chi connectivity index (χ4n) is 5.31. The molecule has 0 aliphatic carbocycles. The second-order valence-corrected chi connectivity index (χ2v) is 12.6. The van der Waals surface area contributed by atoms with Crippen LogP contribution in [0.3, 0.4) is 0 Å². The summed E-state index contributed by atoms with van der Waals surface area (Å²) >= 11 is 0. The fraction of sp³-hybridized carbons (Fsp3) is 0.846. The smallest absolute Gasteiger partial charge is 0.306 e. The monoisotopic (exact) mass is 621 g/mol. The minimum atomic E-state index is -0.773. The number of hydrogen-bond donors (Lipinski definition) is 1. The molecule has 0 radical (unpaired) electrons. The lowest BCUT2D eigenvalue weighted by Gasteiger charge is -2.15. The van der Waals surface area contributed by atoms with Gasteiger partial charge in [-0.3, -0.25) is 9.59 Å². The number of carbonyl (C=O) groups is 2. The van der Waals surface area contributed by atoms with E-state index in [2.05, 4.69) is 38.2 Å². The van der Waals surface area contributed by atoms with Gasteiger partial charge in [-0.2, -0.15) is 0 Å². The van der Waals surface area contributed by atoms with Crippen LogP contribution < -0.4 is 0 Å². The Bertz CT molecular complexity index is 671. The number of carbonyl (C=O) groups excluding carboxylic acids is 2. The standard InChI is InChI=1S/C39H72O5/c1-3-5-7-9-11-13-15-17-18-19-20-22-23-25-27-29-31-33-38(41)43-36-37(35-40)44-39(42)34-32-30-28-26-24-21-16-14-12-10-8-6-4-2/h14,16-18,37,40H,3-13,15,19-36H2,1-2H3/b16-14+,18-17+/t37-/m0/s1. The zero-order valence-corrected chi connectivity index (χ0v) is 29.2. The van der Waals surface area contributed by atoms with Gasteiger partial charge in [-0.15, -0.1) is 0 Å². The summed E-state index contributed by atoms with van der Waals surface area (Å²) in [5, 5.41) is 9.53. The van der Waals surface area contributed by atoms with E-state index in [4.69, 9.17) is 9.47 Å². The van der Waals surface area contributed by atoms with Gasteiger partial charge in [0.15, 0.2) is 6.10 Å². The van der Waals surface area contributed by atoms with Crippen LogP contribution in [0.2, 0.25) is 0 Å². The van der Waals surface area contributed by atoms with Crippen LogP contribution in [0.25, 0.3) is 0 Å². The molecule has 0 fully saturated rings. The van der Waals surface area contributed by atoms with E-state index < -0.39 is 6.10 Å². The van der Waals surface area contributed by atoms with E-state index in [0.717, 1.165) is 44.9 Å². The van der Waals surface area contributed by atoms with Gasteiger partial charge in [0.2, 0.25) is 0 Å². The maximum atomic E-state index is 12.1. The van der Waals surface area contributed by atoms with Crippen LogP contribution in [0, 0.1) is 0 Å². The van der Waals surface area contributed by atoms with Crippen LogP contribution >= 0.6 is 0 Å². The molecule has 0 saturated heterocycles. The molecule has 0 aromatic carbocycles. The van der Waals surface area contributed by atoms with Crippen LogP contribution in [-0.4, -0.2) is 36.4 Å². The number of esters is 2. The van der Waals surface area contributed by atoms with Crippen molar-refractivity contribution in [3.05, 3.63) is 24.3 Å². The Morgan fingerprint density at radius 3 is 1.25 bits per heavy atom. The molecule has 1 atom stereocenters. The predicted octanol–water partition coefficient (Wildman–Crippen LogP) is 11.5. The van der Waals surface area contributed by atoms with Crippen LogP contribution in [0.4, 0.5) is 0 Å². The number of ether oxygens (including phenoxy) is 2. The third-order valence-electron chi connectivity index (χ3n) is 8.22. The van der Waals surface area contributed by atoms with Crippen molar-refractivity contribution in [3.8, 4) is 0 Å². The van der Waals surface area contributed by atoms with Gasteiger partial charge < -0.3 is 14.6 Å². The van der Waals surface area contributed by atoms with Gasteiger partial charge in [0, 0.05) is 12.8 Å². The number of aliphatic hydroxyl groups is 1. The van der Waals surface area contributed by atoms with Crippen molar-refractivity contribution in [2.24, 2.45) is 0 Å². The first-order valence-corrected chi connectivity index (χ1v) is 18.9. The molecule has 5 heteroatoms. The van der Waals surface area contributed by atoms with E-state index in [9.17, 15) is 14.7 Å². The topological polar surface area (TPSA) is 72.8 Å². The minimum absolute atomic E-state index is 0.0688. The molecule has 44 heavy (non-hydrogen) atoms. The highest BCUT2D eigenvalue weighted by Gasteiger charge is 2.16. The minimum Gasteiger partial charge on any atom is -0.462 e. The Morgan fingerprint density at radius 2 is 0.841 bits per heavy atom. The Hall–Kier alpha value is -1.62. The average molecular weight is 621 g/mol. The van der Waals surface area contributed by atoms with Crippen LogP contribution in [0.1, 0.15) is 194 Å². The highest BCUT2D eigenvalue weighted by atomic mass is 16.6. The van der Waals surface area contributed by atoms with Crippen LogP contribution in [0.15, 0.2) is 24.3 Å². The first kappa shape index (κ1) is 42.4. The third-order valence-corrected chi connectivity index (χ3v) is 8.22. The van der Waals surface area contributed by atoms with Crippen molar-refractivity contribution in [1.82, 2.24) is 0 Å². The summed E-state index contributed by atoms with van der Waals surface area (Å²) in [7, 11) is 0. The average Bonchev–Trinajstić information content (AvgIpc) is 3.02. The van der Waals surface area contributed by atoms with Gasteiger partial charge in [0.25, 0.3) is 0 Å². The molecular weight excluding hydrogens is 548 g/mol. The lowest BCUT2D eigenvalue weighted by Crippen LogP contribution is -2.28. The second-order valence-electron chi connectivity index (χ2n) is 12.6. The maximum Gasteiger partial charge on any atom is 0.306 e. The number of hydrogen-bond acceptors (Lipinski definition) is 5. The predicted molar refractivity (Wildman–Crippen MR) is 187 cm³/mol. The molecule has 0 amide bonds. The molecule has 0 aromatic rings. The lowest BCUT2D eigenvalue weighted by atomic mass is 10.1. The molecule has 0 aliphatic rings. The van der Waals surface area contributed by atoms with Gasteiger partial charge >= 0.3 is 11.9 Å². The molecule has 258 valence electrons. The molecular formula is C39H72O5. The largest absolute Gasteiger partial charge is 0.462 e. The summed E-state index contributed by atoms with van der Waals surface area (Å²) in [5.41, 5.74) is 0. The SMILES string of the molecule is CCCCCC/C=C/CCCCCCCC(=O)O[C@@H](CO)COC(=O)CCCCCCCCC/C=C/CCCCCCCC. The molecule has 0 aromatic heterocycles. The van der Waals surface area contributed by atoms with E-state index >= 15 is 0 Å². The van der Waals surface area contributed by atoms with E-state index in [-0.39, 0.29) is 25.2 Å². The molecule has 0 rings (SSSR count). The van der Waals surface area contributed by atoms with Crippen molar-refractivity contribution in [3.63, 3.8) is 0 Å². The van der Waals surface area contributed by atoms with Gasteiger partial charge in [-0.05, 0) is 64.2 Å². The number of rotatable bonds is 34. The van der Waals surface area contributed by atoms with Crippen molar-refractivity contribution >= 4 is 11.9 Å². The van der Waals surface area contributed by atoms with Crippen molar-refractivity contribution in [1.29, 1.82) is 0 Å². The van der Waals surface area contributed by atoms with E-state index in [1.807, 2.05) is 0 Å². The van der Waals surface area contributed by atoms with E-state index in [0.29, 0.717) is 12.8 Å². The molecule has 5 nitrogen and oxygen atoms in total. The molecule has 0 bridgehead atoms. The summed E-state index contributed by atoms with van der Waals surface area (Å²) in [6.45, 7) is 4.11. The normalized spacial score (nSPS) is 12.3. The van der Waals surface area contributed by atoms with Gasteiger partial charge in [-0.25, -0.2) is 0 Å². The zero-order chi connectivity index (χ0) is 32.2. The molecule has 0 spiro atoms. The Balaban J connectivity index is 3.56. The summed E-state index contributed by atoms with van der Waals surface area (Å²) in [6, 6.07) is 0. The second kappa shape index (κ2) is 35.9. The van der Waals surface area contributed by atoms with Crippen LogP contribution in [0.5, 0.6) is 0 Å². The molecule has 1 N–H and O–H groups in total.